The highest BCUT2D eigenvalue weighted by Gasteiger charge is 2.22. The van der Waals surface area contributed by atoms with E-state index in [0.717, 1.165) is 27.1 Å². The fourth-order valence-electron chi connectivity index (χ4n) is 3.01. The van der Waals surface area contributed by atoms with Crippen LogP contribution in [0.3, 0.4) is 0 Å². The average molecular weight is 442 g/mol. The Labute approximate surface area is 183 Å². The van der Waals surface area contributed by atoms with E-state index >= 15 is 0 Å². The summed E-state index contributed by atoms with van der Waals surface area (Å²) in [5.74, 6) is 0.838. The maximum absolute atomic E-state index is 11.2. The van der Waals surface area contributed by atoms with E-state index in [1.807, 2.05) is 42.7 Å². The maximum atomic E-state index is 11.2. The molecule has 3 aromatic rings. The molecule has 0 radical (unpaired) electrons. The van der Waals surface area contributed by atoms with Gasteiger partial charge < -0.3 is 15.0 Å². The van der Waals surface area contributed by atoms with E-state index in [-0.39, 0.29) is 18.2 Å². The third kappa shape index (κ3) is 5.82. The van der Waals surface area contributed by atoms with Gasteiger partial charge in [-0.3, -0.25) is 15.1 Å². The second kappa shape index (κ2) is 10.1. The molecule has 31 heavy (non-hydrogen) atoms. The van der Waals surface area contributed by atoms with Crippen molar-refractivity contribution in [3.8, 4) is 0 Å². The molecule has 0 aliphatic rings. The van der Waals surface area contributed by atoms with Crippen LogP contribution >= 0.6 is 11.8 Å². The van der Waals surface area contributed by atoms with Gasteiger partial charge in [-0.15, -0.1) is 0 Å². The van der Waals surface area contributed by atoms with Crippen LogP contribution in [0.5, 0.6) is 0 Å². The van der Waals surface area contributed by atoms with Gasteiger partial charge in [0.25, 0.3) is 5.69 Å². The number of carbonyl (C=O) groups excluding carboxylic acids is 1. The van der Waals surface area contributed by atoms with E-state index < -0.39 is 11.0 Å². The molecule has 0 fully saturated rings. The Morgan fingerprint density at radius 3 is 2.74 bits per heavy atom. The first kappa shape index (κ1) is 22.3. The lowest BCUT2D eigenvalue weighted by Crippen LogP contribution is -2.16. The molecule has 2 N–H and O–H groups in total. The summed E-state index contributed by atoms with van der Waals surface area (Å²) in [6, 6.07) is 12.2. The minimum Gasteiger partial charge on any atom is -0.449 e. The van der Waals surface area contributed by atoms with Crippen molar-refractivity contribution >= 4 is 23.5 Å². The van der Waals surface area contributed by atoms with Gasteiger partial charge in [-0.05, 0) is 24.1 Å². The first-order valence-corrected chi connectivity index (χ1v) is 10.5. The van der Waals surface area contributed by atoms with E-state index in [9.17, 15) is 14.9 Å². The van der Waals surface area contributed by atoms with Crippen molar-refractivity contribution in [1.82, 2.24) is 14.5 Å². The van der Waals surface area contributed by atoms with Gasteiger partial charge >= 0.3 is 6.09 Å². The van der Waals surface area contributed by atoms with Gasteiger partial charge in [0.1, 0.15) is 17.5 Å². The largest absolute Gasteiger partial charge is 0.449 e. The smallest absolute Gasteiger partial charge is 0.404 e. The Morgan fingerprint density at radius 2 is 2.10 bits per heavy atom. The summed E-state index contributed by atoms with van der Waals surface area (Å²) in [6.07, 6.45) is 1.27. The van der Waals surface area contributed by atoms with Crippen LogP contribution in [0.2, 0.25) is 0 Å². The standard InChI is InChI=1S/C21H23N5O4S/c1-14(2)19-20(31-17-8-5-7-16(12-17)26(28)29)25(13-15-6-3-4-10-23-15)18(24-19)9-11-30-21(22)27/h3-8,10,12,14H,9,11,13H2,1-2H3,(H2,22,27). The second-order valence-corrected chi connectivity index (χ2v) is 8.12. The molecule has 162 valence electrons. The Hall–Kier alpha value is -3.40. The number of primary amides is 1. The number of nitro benzene ring substituents is 1. The normalized spacial score (nSPS) is 10.9. The molecule has 0 spiro atoms. The number of nitro groups is 1. The molecule has 0 aliphatic carbocycles. The van der Waals surface area contributed by atoms with Crippen LogP contribution in [0.25, 0.3) is 0 Å². The summed E-state index contributed by atoms with van der Waals surface area (Å²) < 4.78 is 6.93. The van der Waals surface area contributed by atoms with Gasteiger partial charge in [0.2, 0.25) is 0 Å². The molecule has 0 saturated carbocycles. The van der Waals surface area contributed by atoms with Gasteiger partial charge in [0.15, 0.2) is 0 Å². The van der Waals surface area contributed by atoms with Gasteiger partial charge in [-0.25, -0.2) is 9.78 Å². The molecular formula is C21H23N5O4S. The lowest BCUT2D eigenvalue weighted by molar-refractivity contribution is -0.385. The summed E-state index contributed by atoms with van der Waals surface area (Å²) in [4.78, 5) is 31.7. The fraction of sp³-hybridized carbons (Fsp3) is 0.286. The minimum absolute atomic E-state index is 0.0296. The number of carbonyl (C=O) groups is 1. The average Bonchev–Trinajstić information content (AvgIpc) is 3.06. The van der Waals surface area contributed by atoms with Crippen molar-refractivity contribution in [2.45, 2.75) is 42.7 Å². The summed E-state index contributed by atoms with van der Waals surface area (Å²) in [7, 11) is 0. The molecule has 0 atom stereocenters. The molecule has 1 amide bonds. The predicted molar refractivity (Wildman–Crippen MR) is 116 cm³/mol. The monoisotopic (exact) mass is 441 g/mol. The van der Waals surface area contributed by atoms with E-state index in [2.05, 4.69) is 4.98 Å². The van der Waals surface area contributed by atoms with Crippen LogP contribution in [0, 0.1) is 10.1 Å². The number of nitrogens with zero attached hydrogens (tertiary/aromatic N) is 4. The molecule has 3 rings (SSSR count). The van der Waals surface area contributed by atoms with E-state index in [1.165, 1.54) is 17.8 Å². The highest BCUT2D eigenvalue weighted by molar-refractivity contribution is 7.99. The van der Waals surface area contributed by atoms with Gasteiger partial charge in [0, 0.05) is 29.6 Å². The number of rotatable bonds is 9. The summed E-state index contributed by atoms with van der Waals surface area (Å²) in [5, 5.41) is 12.1. The zero-order valence-electron chi connectivity index (χ0n) is 17.2. The number of non-ortho nitro benzene ring substituents is 1. The second-order valence-electron chi connectivity index (χ2n) is 7.05. The molecule has 0 unspecified atom stereocenters. The molecule has 2 heterocycles. The van der Waals surface area contributed by atoms with E-state index in [1.54, 1.807) is 18.3 Å². The van der Waals surface area contributed by atoms with Crippen molar-refractivity contribution in [2.75, 3.05) is 6.61 Å². The Kier molecular flexibility index (Phi) is 7.24. The molecular weight excluding hydrogens is 418 g/mol. The van der Waals surface area contributed by atoms with Crippen molar-refractivity contribution in [3.63, 3.8) is 0 Å². The molecule has 0 saturated heterocycles. The quantitative estimate of drug-likeness (QED) is 0.390. The van der Waals surface area contributed by atoms with Crippen molar-refractivity contribution in [2.24, 2.45) is 5.73 Å². The van der Waals surface area contributed by atoms with Crippen LogP contribution in [0.15, 0.2) is 58.6 Å². The van der Waals surface area contributed by atoms with Gasteiger partial charge in [-0.1, -0.05) is 37.7 Å². The third-order valence-electron chi connectivity index (χ3n) is 4.43. The van der Waals surface area contributed by atoms with Crippen LogP contribution < -0.4 is 5.73 Å². The molecule has 10 heteroatoms. The first-order chi connectivity index (χ1) is 14.8. The zero-order valence-corrected chi connectivity index (χ0v) is 18.0. The number of imidazole rings is 1. The number of amides is 1. The summed E-state index contributed by atoms with van der Waals surface area (Å²) >= 11 is 1.42. The Morgan fingerprint density at radius 1 is 1.29 bits per heavy atom. The number of hydrogen-bond acceptors (Lipinski definition) is 7. The molecule has 2 aromatic heterocycles. The van der Waals surface area contributed by atoms with Crippen LogP contribution in [-0.4, -0.2) is 32.2 Å². The highest BCUT2D eigenvalue weighted by atomic mass is 32.2. The number of nitrogens with two attached hydrogens (primary N) is 1. The van der Waals surface area contributed by atoms with Gasteiger partial charge in [-0.2, -0.15) is 0 Å². The molecule has 1 aromatic carbocycles. The zero-order chi connectivity index (χ0) is 22.4. The maximum Gasteiger partial charge on any atom is 0.404 e. The number of ether oxygens (including phenoxy) is 1. The minimum atomic E-state index is -0.835. The van der Waals surface area contributed by atoms with Gasteiger partial charge in [0.05, 0.1) is 22.9 Å². The predicted octanol–water partition coefficient (Wildman–Crippen LogP) is 4.15. The number of hydrogen-bond donors (Lipinski definition) is 1. The van der Waals surface area contributed by atoms with Crippen molar-refractivity contribution in [3.05, 3.63) is 76.0 Å². The lowest BCUT2D eigenvalue weighted by Gasteiger charge is -2.13. The molecule has 0 bridgehead atoms. The number of aromatic nitrogens is 3. The van der Waals surface area contributed by atoms with E-state index in [0.29, 0.717) is 13.0 Å². The van der Waals surface area contributed by atoms with E-state index in [4.69, 9.17) is 15.5 Å². The van der Waals surface area contributed by atoms with Crippen molar-refractivity contribution in [1.29, 1.82) is 0 Å². The summed E-state index contributed by atoms with van der Waals surface area (Å²) in [6.45, 7) is 4.64. The van der Waals surface area contributed by atoms with Crippen LogP contribution in [0.4, 0.5) is 10.5 Å². The highest BCUT2D eigenvalue weighted by Crippen LogP contribution is 2.36. The number of benzene rings is 1. The van der Waals surface area contributed by atoms with Crippen LogP contribution in [0.1, 0.15) is 37.0 Å². The molecule has 0 aliphatic heterocycles. The lowest BCUT2D eigenvalue weighted by atomic mass is 10.1. The fourth-order valence-corrected chi connectivity index (χ4v) is 4.22. The Bertz CT molecular complexity index is 1070. The SMILES string of the molecule is CC(C)c1nc(CCOC(N)=O)n(Cc2ccccn2)c1Sc1cccc([N+](=O)[O-])c1. The molecule has 9 nitrogen and oxygen atoms in total. The Balaban J connectivity index is 2.03. The first-order valence-electron chi connectivity index (χ1n) is 9.69. The number of pyridine rings is 1. The topological polar surface area (TPSA) is 126 Å². The third-order valence-corrected chi connectivity index (χ3v) is 5.54. The van der Waals surface area contributed by atoms with Crippen molar-refractivity contribution < 1.29 is 14.5 Å². The van der Waals surface area contributed by atoms with Crippen LogP contribution in [-0.2, 0) is 17.7 Å². The summed E-state index contributed by atoms with van der Waals surface area (Å²) in [5.41, 5.74) is 6.82.